The number of H-pyrrole nitrogens is 1. The smallest absolute Gasteiger partial charge is 0.259 e. The van der Waals surface area contributed by atoms with Crippen LogP contribution < -0.4 is 25.4 Å². The number of hydrogen-bond donors (Lipinski definition) is 3. The number of aromatic amines is 1. The third-order valence-electron chi connectivity index (χ3n) is 8.63. The van der Waals surface area contributed by atoms with Crippen molar-refractivity contribution in [3.05, 3.63) is 77.1 Å². The zero-order valence-electron chi connectivity index (χ0n) is 28.2. The fraction of sp³-hybridized carbons (Fsp3) is 0.389. The van der Waals surface area contributed by atoms with Gasteiger partial charge in [-0.2, -0.15) is 0 Å². The van der Waals surface area contributed by atoms with E-state index in [0.29, 0.717) is 47.1 Å². The summed E-state index contributed by atoms with van der Waals surface area (Å²) in [4.78, 5) is 52.9. The molecule has 3 aromatic carbocycles. The Labute approximate surface area is 281 Å². The lowest BCUT2D eigenvalue weighted by Gasteiger charge is -2.32. The Morgan fingerprint density at radius 3 is 2.54 bits per heavy atom. The van der Waals surface area contributed by atoms with E-state index in [1.54, 1.807) is 31.3 Å². The van der Waals surface area contributed by atoms with Gasteiger partial charge in [0.05, 0.1) is 42.7 Å². The quantitative estimate of drug-likeness (QED) is 0.178. The van der Waals surface area contributed by atoms with Crippen LogP contribution in [0.5, 0.6) is 11.5 Å². The monoisotopic (exact) mass is 655 g/mol. The molecular formula is C36H45N7O5. The molecule has 4 N–H and O–H groups in total. The summed E-state index contributed by atoms with van der Waals surface area (Å²) in [5, 5.41) is 2.90. The minimum Gasteiger partial charge on any atom is -0.496 e. The zero-order valence-corrected chi connectivity index (χ0v) is 28.2. The second-order valence-electron chi connectivity index (χ2n) is 12.1. The summed E-state index contributed by atoms with van der Waals surface area (Å²) in [6, 6.07) is 15.9. The van der Waals surface area contributed by atoms with E-state index in [1.807, 2.05) is 42.2 Å². The van der Waals surface area contributed by atoms with Gasteiger partial charge in [-0.1, -0.05) is 12.1 Å². The molecule has 0 unspecified atom stereocenters. The number of imidazole rings is 1. The van der Waals surface area contributed by atoms with Crippen molar-refractivity contribution < 1.29 is 23.9 Å². The molecule has 5 rings (SSSR count). The maximum absolute atomic E-state index is 13.7. The topological polar surface area (TPSA) is 146 Å². The van der Waals surface area contributed by atoms with E-state index in [1.165, 1.54) is 12.0 Å². The number of ether oxygens (including phenoxy) is 2. The highest BCUT2D eigenvalue weighted by atomic mass is 16.5. The summed E-state index contributed by atoms with van der Waals surface area (Å²) in [6.45, 7) is 6.14. The molecule has 1 aliphatic heterocycles. The van der Waals surface area contributed by atoms with Crippen LogP contribution in [0.3, 0.4) is 0 Å². The van der Waals surface area contributed by atoms with Gasteiger partial charge in [-0.3, -0.25) is 14.4 Å². The molecular weight excluding hydrogens is 610 g/mol. The van der Waals surface area contributed by atoms with Crippen LogP contribution >= 0.6 is 0 Å². The van der Waals surface area contributed by atoms with Gasteiger partial charge in [0, 0.05) is 45.2 Å². The average Bonchev–Trinajstić information content (AvgIpc) is 3.54. The highest BCUT2D eigenvalue weighted by Gasteiger charge is 2.22. The van der Waals surface area contributed by atoms with Crippen molar-refractivity contribution in [2.45, 2.75) is 39.2 Å². The van der Waals surface area contributed by atoms with E-state index in [9.17, 15) is 14.4 Å². The number of amides is 3. The number of nitrogens with one attached hydrogen (secondary N) is 2. The van der Waals surface area contributed by atoms with Gasteiger partial charge < -0.3 is 40.2 Å². The van der Waals surface area contributed by atoms with Gasteiger partial charge in [0.2, 0.25) is 5.91 Å². The zero-order chi connectivity index (χ0) is 34.2. The molecule has 12 nitrogen and oxygen atoms in total. The van der Waals surface area contributed by atoms with Crippen molar-refractivity contribution in [3.63, 3.8) is 0 Å². The number of nitrogens with two attached hydrogens (primary N) is 1. The van der Waals surface area contributed by atoms with Crippen LogP contribution in [-0.2, 0) is 11.3 Å². The highest BCUT2D eigenvalue weighted by molar-refractivity contribution is 6.11. The standard InChI is InChI=1S/C36H45N7O5/c1-24-12-15-29(31(21-24)48-20-7-5-6-11-33(44)43-18-16-41(2)17-19-43)42(3)36(46)25-13-14-26(30(22-25)47-4)35(45)39-28-10-8-9-27-34(28)40-32(23-37)38-27/h8-10,12-15,21-22H,5-7,11,16-20,23,37H2,1-4H3,(H,38,40)(H,39,45). The van der Waals surface area contributed by atoms with E-state index >= 15 is 0 Å². The number of unbranched alkanes of at least 4 members (excludes halogenated alkanes) is 2. The van der Waals surface area contributed by atoms with Crippen molar-refractivity contribution in [3.8, 4) is 11.5 Å². The lowest BCUT2D eigenvalue weighted by molar-refractivity contribution is -0.132. The number of nitrogens with zero attached hydrogens (tertiary/aromatic N) is 4. The van der Waals surface area contributed by atoms with E-state index in [2.05, 4.69) is 27.2 Å². The molecule has 4 aromatic rings. The number of carbonyl (C=O) groups is 3. The number of likely N-dealkylation sites (N-methyl/N-ethyl adjacent to an activating group) is 1. The number of benzene rings is 3. The van der Waals surface area contributed by atoms with Crippen molar-refractivity contribution in [1.29, 1.82) is 0 Å². The van der Waals surface area contributed by atoms with Crippen LogP contribution in [0.4, 0.5) is 11.4 Å². The molecule has 0 radical (unpaired) electrons. The number of carbonyl (C=O) groups excluding carboxylic acids is 3. The van der Waals surface area contributed by atoms with Crippen molar-refractivity contribution in [1.82, 2.24) is 19.8 Å². The Bertz CT molecular complexity index is 1760. The van der Waals surface area contributed by atoms with Crippen LogP contribution in [0.25, 0.3) is 11.0 Å². The molecule has 1 aliphatic rings. The number of hydrogen-bond acceptors (Lipinski definition) is 8. The van der Waals surface area contributed by atoms with Crippen LogP contribution in [0, 0.1) is 6.92 Å². The highest BCUT2D eigenvalue weighted by Crippen LogP contribution is 2.31. The first-order valence-corrected chi connectivity index (χ1v) is 16.3. The summed E-state index contributed by atoms with van der Waals surface area (Å²) in [6.07, 6.45) is 3.04. The number of aryl methyl sites for hydroxylation is 1. The van der Waals surface area contributed by atoms with E-state index in [4.69, 9.17) is 15.2 Å². The maximum Gasteiger partial charge on any atom is 0.259 e. The number of aromatic nitrogens is 2. The minimum atomic E-state index is -0.401. The molecule has 0 saturated carbocycles. The second-order valence-corrected chi connectivity index (χ2v) is 12.1. The number of anilines is 2. The lowest BCUT2D eigenvalue weighted by Crippen LogP contribution is -2.47. The van der Waals surface area contributed by atoms with E-state index < -0.39 is 5.91 Å². The van der Waals surface area contributed by atoms with Gasteiger partial charge >= 0.3 is 0 Å². The fourth-order valence-corrected chi connectivity index (χ4v) is 5.75. The minimum absolute atomic E-state index is 0.225. The Hall–Kier alpha value is -4.94. The van der Waals surface area contributed by atoms with Crippen LogP contribution in [0.2, 0.25) is 0 Å². The largest absolute Gasteiger partial charge is 0.496 e. The van der Waals surface area contributed by atoms with Gasteiger partial charge in [-0.15, -0.1) is 0 Å². The second kappa shape index (κ2) is 15.8. The third-order valence-corrected chi connectivity index (χ3v) is 8.63. The first-order valence-electron chi connectivity index (χ1n) is 16.3. The predicted molar refractivity (Wildman–Crippen MR) is 187 cm³/mol. The third kappa shape index (κ3) is 8.12. The van der Waals surface area contributed by atoms with Gasteiger partial charge in [-0.05, 0) is 81.3 Å². The summed E-state index contributed by atoms with van der Waals surface area (Å²) in [7, 11) is 5.23. The van der Waals surface area contributed by atoms with Crippen molar-refractivity contribution in [2.75, 3.05) is 64.2 Å². The molecule has 0 atom stereocenters. The Morgan fingerprint density at radius 2 is 1.79 bits per heavy atom. The summed E-state index contributed by atoms with van der Waals surface area (Å²) in [5.74, 6) is 1.02. The maximum atomic E-state index is 13.7. The molecule has 254 valence electrons. The lowest BCUT2D eigenvalue weighted by atomic mass is 10.1. The SMILES string of the molecule is COc1cc(C(=O)N(C)c2ccc(C)cc2OCCCCCC(=O)N2CCN(C)CC2)ccc1C(=O)Nc1cccc2[nH]c(CN)nc12. The number of para-hydroxylation sites is 1. The molecule has 0 aliphatic carbocycles. The van der Waals surface area contributed by atoms with Gasteiger partial charge in [0.25, 0.3) is 11.8 Å². The fourth-order valence-electron chi connectivity index (χ4n) is 5.75. The molecule has 3 amide bonds. The van der Waals surface area contributed by atoms with E-state index in [0.717, 1.165) is 56.5 Å². The summed E-state index contributed by atoms with van der Waals surface area (Å²) < 4.78 is 11.7. The van der Waals surface area contributed by atoms with Crippen molar-refractivity contribution >= 4 is 40.1 Å². The normalized spacial score (nSPS) is 13.4. The van der Waals surface area contributed by atoms with Gasteiger partial charge in [0.1, 0.15) is 22.8 Å². The van der Waals surface area contributed by atoms with E-state index in [-0.39, 0.29) is 29.7 Å². The Kier molecular flexibility index (Phi) is 11.3. The molecule has 12 heteroatoms. The van der Waals surface area contributed by atoms with Gasteiger partial charge in [0.15, 0.2) is 0 Å². The average molecular weight is 656 g/mol. The molecule has 2 heterocycles. The number of rotatable bonds is 13. The molecule has 1 aromatic heterocycles. The first kappa shape index (κ1) is 34.4. The predicted octanol–water partition coefficient (Wildman–Crippen LogP) is 4.58. The van der Waals surface area contributed by atoms with Crippen LogP contribution in [0.15, 0.2) is 54.6 Å². The first-order chi connectivity index (χ1) is 23.2. The van der Waals surface area contributed by atoms with Gasteiger partial charge in [-0.25, -0.2) is 4.98 Å². The molecule has 0 bridgehead atoms. The number of methoxy groups -OCH3 is 1. The molecule has 1 fully saturated rings. The molecule has 0 spiro atoms. The van der Waals surface area contributed by atoms with Crippen molar-refractivity contribution in [2.24, 2.45) is 5.73 Å². The van der Waals surface area contributed by atoms with Crippen LogP contribution in [0.1, 0.15) is 57.8 Å². The summed E-state index contributed by atoms with van der Waals surface area (Å²) >= 11 is 0. The number of piperazine rings is 1. The Balaban J connectivity index is 1.20. The Morgan fingerprint density at radius 1 is 1.00 bits per heavy atom. The molecule has 1 saturated heterocycles. The molecule has 48 heavy (non-hydrogen) atoms. The summed E-state index contributed by atoms with van der Waals surface area (Å²) in [5.41, 5.74) is 9.88. The van der Waals surface area contributed by atoms with Crippen LogP contribution in [-0.4, -0.2) is 91.5 Å². The number of fused-ring (bicyclic) bond motifs is 1.